The SMILES string of the molecule is CCc1nc2c(OC(F)F)ccc(C(=O)Nc3ccnn3C)c2o1. The minimum Gasteiger partial charge on any atom is -0.440 e. The summed E-state index contributed by atoms with van der Waals surface area (Å²) in [6, 6.07) is 4.26. The number of carbonyl (C=O) groups excluding carboxylic acids is 1. The van der Waals surface area contributed by atoms with E-state index >= 15 is 0 Å². The van der Waals surface area contributed by atoms with E-state index < -0.39 is 12.5 Å². The molecule has 7 nitrogen and oxygen atoms in total. The lowest BCUT2D eigenvalue weighted by Crippen LogP contribution is -2.15. The molecule has 0 aliphatic carbocycles. The Labute approximate surface area is 135 Å². The highest BCUT2D eigenvalue weighted by molar-refractivity contribution is 6.11. The number of amides is 1. The maximum Gasteiger partial charge on any atom is 0.387 e. The van der Waals surface area contributed by atoms with Crippen molar-refractivity contribution in [3.05, 3.63) is 35.9 Å². The molecule has 1 amide bonds. The lowest BCUT2D eigenvalue weighted by molar-refractivity contribution is -0.0489. The number of anilines is 1. The van der Waals surface area contributed by atoms with Gasteiger partial charge in [0.15, 0.2) is 22.7 Å². The summed E-state index contributed by atoms with van der Waals surface area (Å²) < 4.78 is 36.5. The van der Waals surface area contributed by atoms with E-state index in [-0.39, 0.29) is 22.4 Å². The van der Waals surface area contributed by atoms with Gasteiger partial charge < -0.3 is 14.5 Å². The van der Waals surface area contributed by atoms with E-state index in [9.17, 15) is 13.6 Å². The van der Waals surface area contributed by atoms with Crippen molar-refractivity contribution in [1.82, 2.24) is 14.8 Å². The van der Waals surface area contributed by atoms with E-state index in [1.807, 2.05) is 0 Å². The number of hydrogen-bond acceptors (Lipinski definition) is 5. The van der Waals surface area contributed by atoms with Gasteiger partial charge in [0.2, 0.25) is 0 Å². The highest BCUT2D eigenvalue weighted by Gasteiger charge is 2.21. The second-order valence-electron chi connectivity index (χ2n) is 4.92. The molecule has 3 aromatic rings. The summed E-state index contributed by atoms with van der Waals surface area (Å²) in [7, 11) is 1.68. The molecule has 0 spiro atoms. The van der Waals surface area contributed by atoms with Crippen LogP contribution in [0.4, 0.5) is 14.6 Å². The van der Waals surface area contributed by atoms with Gasteiger partial charge in [-0.15, -0.1) is 0 Å². The van der Waals surface area contributed by atoms with Crippen molar-refractivity contribution < 1.29 is 22.7 Å². The first-order valence-corrected chi connectivity index (χ1v) is 7.16. The topological polar surface area (TPSA) is 82.2 Å². The van der Waals surface area contributed by atoms with E-state index in [2.05, 4.69) is 20.1 Å². The molecule has 9 heteroatoms. The van der Waals surface area contributed by atoms with Gasteiger partial charge in [-0.3, -0.25) is 9.48 Å². The first-order chi connectivity index (χ1) is 11.5. The van der Waals surface area contributed by atoms with Crippen LogP contribution in [0, 0.1) is 0 Å². The van der Waals surface area contributed by atoms with E-state index in [1.165, 1.54) is 23.0 Å². The van der Waals surface area contributed by atoms with E-state index in [0.29, 0.717) is 18.1 Å². The number of aromatic nitrogens is 3. The molecule has 0 radical (unpaired) electrons. The molecule has 126 valence electrons. The van der Waals surface area contributed by atoms with E-state index in [1.54, 1.807) is 20.0 Å². The third kappa shape index (κ3) is 2.92. The van der Waals surface area contributed by atoms with Gasteiger partial charge in [-0.2, -0.15) is 13.9 Å². The molecule has 1 N–H and O–H groups in total. The van der Waals surface area contributed by atoms with Gasteiger partial charge >= 0.3 is 6.61 Å². The molecule has 2 aromatic heterocycles. The number of carbonyl (C=O) groups is 1. The summed E-state index contributed by atoms with van der Waals surface area (Å²) in [6.07, 6.45) is 1.99. The summed E-state index contributed by atoms with van der Waals surface area (Å²) >= 11 is 0. The van der Waals surface area contributed by atoms with Gasteiger partial charge in [0, 0.05) is 19.5 Å². The molecule has 0 aliphatic heterocycles. The predicted molar refractivity (Wildman–Crippen MR) is 81.2 cm³/mol. The molecule has 0 fully saturated rings. The van der Waals surface area contributed by atoms with E-state index in [4.69, 9.17) is 4.42 Å². The summed E-state index contributed by atoms with van der Waals surface area (Å²) in [5, 5.41) is 6.62. The van der Waals surface area contributed by atoms with Crippen molar-refractivity contribution in [3.63, 3.8) is 0 Å². The average Bonchev–Trinajstić information content (AvgIpc) is 3.14. The minimum absolute atomic E-state index is 0.0878. The van der Waals surface area contributed by atoms with E-state index in [0.717, 1.165) is 0 Å². The normalized spacial score (nSPS) is 11.2. The molecule has 0 aliphatic rings. The highest BCUT2D eigenvalue weighted by Crippen LogP contribution is 2.30. The number of halogens is 2. The predicted octanol–water partition coefficient (Wildman–Crippen LogP) is 2.98. The summed E-state index contributed by atoms with van der Waals surface area (Å²) in [5.41, 5.74) is 0.356. The Kier molecular flexibility index (Phi) is 4.15. The standard InChI is InChI=1S/C15H14F2N4O3/c1-3-11-20-12-9(23-15(16)17)5-4-8(13(12)24-11)14(22)19-10-6-7-18-21(10)2/h4-7,15H,3H2,1-2H3,(H,19,22). The molecule has 3 rings (SSSR count). The Balaban J connectivity index is 2.03. The van der Waals surface area contributed by atoms with Gasteiger partial charge in [-0.25, -0.2) is 4.98 Å². The van der Waals surface area contributed by atoms with Crippen molar-refractivity contribution >= 4 is 22.8 Å². The number of alkyl halides is 2. The Morgan fingerprint density at radius 3 is 2.83 bits per heavy atom. The van der Waals surface area contributed by atoms with Crippen LogP contribution in [0.15, 0.2) is 28.8 Å². The second kappa shape index (κ2) is 6.26. The monoisotopic (exact) mass is 336 g/mol. The quantitative estimate of drug-likeness (QED) is 0.774. The Morgan fingerprint density at radius 1 is 1.42 bits per heavy atom. The van der Waals surface area contributed by atoms with Crippen LogP contribution in [0.2, 0.25) is 0 Å². The summed E-state index contributed by atoms with van der Waals surface area (Å²) in [6.45, 7) is -1.20. The van der Waals surface area contributed by atoms with Crippen LogP contribution in [0.5, 0.6) is 5.75 Å². The zero-order chi connectivity index (χ0) is 17.3. The van der Waals surface area contributed by atoms with Gasteiger partial charge in [0.05, 0.1) is 11.8 Å². The first kappa shape index (κ1) is 15.9. The lowest BCUT2D eigenvalue weighted by atomic mass is 10.1. The lowest BCUT2D eigenvalue weighted by Gasteiger charge is -2.08. The number of hydrogen-bond donors (Lipinski definition) is 1. The summed E-state index contributed by atoms with van der Waals surface area (Å²) in [4.78, 5) is 16.6. The van der Waals surface area contributed by atoms with Crippen LogP contribution < -0.4 is 10.1 Å². The van der Waals surface area contributed by atoms with Crippen molar-refractivity contribution in [2.75, 3.05) is 5.32 Å². The Morgan fingerprint density at radius 2 is 2.21 bits per heavy atom. The van der Waals surface area contributed by atoms with Crippen LogP contribution in [0.25, 0.3) is 11.1 Å². The maximum atomic E-state index is 12.5. The average molecular weight is 336 g/mol. The van der Waals surface area contributed by atoms with Crippen LogP contribution in [0.3, 0.4) is 0 Å². The van der Waals surface area contributed by atoms with Crippen LogP contribution in [-0.2, 0) is 13.5 Å². The second-order valence-corrected chi connectivity index (χ2v) is 4.92. The van der Waals surface area contributed by atoms with Crippen LogP contribution in [-0.4, -0.2) is 27.3 Å². The molecule has 0 saturated heterocycles. The molecule has 24 heavy (non-hydrogen) atoms. The number of oxazole rings is 1. The molecule has 0 bridgehead atoms. The first-order valence-electron chi connectivity index (χ1n) is 7.16. The third-order valence-electron chi connectivity index (χ3n) is 3.38. The molecule has 0 atom stereocenters. The van der Waals surface area contributed by atoms with Gasteiger partial charge in [0.25, 0.3) is 5.91 Å². The Hall–Kier alpha value is -2.97. The largest absolute Gasteiger partial charge is 0.440 e. The van der Waals surface area contributed by atoms with Gasteiger partial charge in [-0.1, -0.05) is 6.92 Å². The van der Waals surface area contributed by atoms with Crippen molar-refractivity contribution in [1.29, 1.82) is 0 Å². The van der Waals surface area contributed by atoms with Crippen molar-refractivity contribution in [2.24, 2.45) is 7.05 Å². The fraction of sp³-hybridized carbons (Fsp3) is 0.267. The fourth-order valence-electron chi connectivity index (χ4n) is 2.23. The number of nitrogens with zero attached hydrogens (tertiary/aromatic N) is 3. The zero-order valence-electron chi connectivity index (χ0n) is 12.9. The fourth-order valence-corrected chi connectivity index (χ4v) is 2.23. The van der Waals surface area contributed by atoms with Crippen LogP contribution >= 0.6 is 0 Å². The highest BCUT2D eigenvalue weighted by atomic mass is 19.3. The minimum atomic E-state index is -3.00. The number of benzene rings is 1. The van der Waals surface area contributed by atoms with Crippen molar-refractivity contribution in [2.45, 2.75) is 20.0 Å². The van der Waals surface area contributed by atoms with Crippen molar-refractivity contribution in [3.8, 4) is 5.75 Å². The number of aryl methyl sites for hydroxylation is 2. The smallest absolute Gasteiger partial charge is 0.387 e. The maximum absolute atomic E-state index is 12.5. The molecule has 0 unspecified atom stereocenters. The summed E-state index contributed by atoms with van der Waals surface area (Å²) in [5.74, 6) is 0.202. The molecule has 0 saturated carbocycles. The molecule has 2 heterocycles. The number of ether oxygens (including phenoxy) is 1. The van der Waals surface area contributed by atoms with Crippen LogP contribution in [0.1, 0.15) is 23.2 Å². The van der Waals surface area contributed by atoms with Gasteiger partial charge in [0.1, 0.15) is 5.82 Å². The molecular formula is C15H14F2N4O3. The number of rotatable bonds is 5. The number of fused-ring (bicyclic) bond motifs is 1. The third-order valence-corrected chi connectivity index (χ3v) is 3.38. The van der Waals surface area contributed by atoms with Gasteiger partial charge in [-0.05, 0) is 12.1 Å². The molecular weight excluding hydrogens is 322 g/mol. The Bertz CT molecular complexity index is 888. The number of nitrogens with one attached hydrogen (secondary N) is 1. The molecule has 1 aromatic carbocycles. The zero-order valence-corrected chi connectivity index (χ0v) is 12.9.